The topological polar surface area (TPSA) is 64.5 Å². The average molecular weight is 298 g/mol. The fourth-order valence-corrected chi connectivity index (χ4v) is 3.47. The molecule has 0 radical (unpaired) electrons. The smallest absolute Gasteiger partial charge is 0.0728 e. The van der Waals surface area contributed by atoms with Crippen LogP contribution in [0.15, 0.2) is 48.5 Å². The van der Waals surface area contributed by atoms with E-state index in [2.05, 4.69) is 10.6 Å². The third-order valence-corrected chi connectivity index (χ3v) is 4.65. The molecule has 4 heteroatoms. The van der Waals surface area contributed by atoms with Gasteiger partial charge in [0.05, 0.1) is 12.2 Å². The van der Waals surface area contributed by atoms with Gasteiger partial charge in [-0.25, -0.2) is 0 Å². The van der Waals surface area contributed by atoms with Gasteiger partial charge in [-0.15, -0.1) is 0 Å². The van der Waals surface area contributed by atoms with E-state index in [1.54, 1.807) is 0 Å². The molecule has 3 rings (SSSR count). The number of hydrogen-bond donors (Lipinski definition) is 4. The molecule has 0 bridgehead atoms. The number of aliphatic hydroxyl groups excluding tert-OH is 2. The largest absolute Gasteiger partial charge is 0.392 e. The molecule has 0 aromatic heterocycles. The quantitative estimate of drug-likeness (QED) is 0.700. The van der Waals surface area contributed by atoms with Crippen molar-refractivity contribution in [3.8, 4) is 0 Å². The number of para-hydroxylation sites is 2. The van der Waals surface area contributed by atoms with Crippen LogP contribution in [0.25, 0.3) is 0 Å². The van der Waals surface area contributed by atoms with E-state index in [0.29, 0.717) is 0 Å². The van der Waals surface area contributed by atoms with E-state index in [0.717, 1.165) is 22.5 Å². The van der Waals surface area contributed by atoms with Gasteiger partial charge < -0.3 is 20.8 Å². The maximum Gasteiger partial charge on any atom is 0.0728 e. The van der Waals surface area contributed by atoms with E-state index in [4.69, 9.17) is 0 Å². The molecule has 1 aliphatic carbocycles. The molecule has 2 aromatic carbocycles. The lowest BCUT2D eigenvalue weighted by Crippen LogP contribution is -2.52. The molecule has 4 N–H and O–H groups in total. The van der Waals surface area contributed by atoms with Crippen LogP contribution < -0.4 is 10.6 Å². The van der Waals surface area contributed by atoms with Gasteiger partial charge in [0.25, 0.3) is 0 Å². The van der Waals surface area contributed by atoms with Crippen molar-refractivity contribution in [3.05, 3.63) is 59.7 Å². The van der Waals surface area contributed by atoms with Crippen molar-refractivity contribution in [2.24, 2.45) is 0 Å². The second kappa shape index (κ2) is 5.99. The van der Waals surface area contributed by atoms with Gasteiger partial charge in [0.1, 0.15) is 0 Å². The maximum atomic E-state index is 10.7. The van der Waals surface area contributed by atoms with Crippen LogP contribution >= 0.6 is 0 Å². The lowest BCUT2D eigenvalue weighted by molar-refractivity contribution is -0.0780. The van der Waals surface area contributed by atoms with Crippen LogP contribution in [0, 0.1) is 0 Å². The molecule has 0 unspecified atom stereocenters. The first-order valence-corrected chi connectivity index (χ1v) is 7.58. The molecule has 1 aliphatic rings. The van der Waals surface area contributed by atoms with Crippen LogP contribution in [0.3, 0.4) is 0 Å². The number of hydrogen-bond acceptors (Lipinski definition) is 4. The average Bonchev–Trinajstić information content (AvgIpc) is 2.56. The lowest BCUT2D eigenvalue weighted by atomic mass is 9.62. The molecule has 1 saturated carbocycles. The summed E-state index contributed by atoms with van der Waals surface area (Å²) in [5.74, 6) is -0.530. The minimum atomic E-state index is -0.598. The van der Waals surface area contributed by atoms with E-state index in [-0.39, 0.29) is 11.8 Å². The fraction of sp³-hybridized carbons (Fsp3) is 0.333. The van der Waals surface area contributed by atoms with E-state index < -0.39 is 12.2 Å². The molecule has 0 saturated heterocycles. The number of benzene rings is 2. The van der Waals surface area contributed by atoms with Gasteiger partial charge in [-0.3, -0.25) is 0 Å². The van der Waals surface area contributed by atoms with Crippen molar-refractivity contribution in [1.82, 2.24) is 0 Å². The fourth-order valence-electron chi connectivity index (χ4n) is 3.47. The zero-order valence-corrected chi connectivity index (χ0v) is 12.8. The Morgan fingerprint density at radius 1 is 0.682 bits per heavy atom. The first kappa shape index (κ1) is 14.9. The van der Waals surface area contributed by atoms with Gasteiger partial charge in [0.15, 0.2) is 0 Å². The Kier molecular flexibility index (Phi) is 4.05. The van der Waals surface area contributed by atoms with Crippen LogP contribution in [-0.2, 0) is 0 Å². The number of nitrogens with one attached hydrogen (secondary N) is 2. The second-order valence-corrected chi connectivity index (χ2v) is 5.71. The van der Waals surface area contributed by atoms with Crippen molar-refractivity contribution in [3.63, 3.8) is 0 Å². The van der Waals surface area contributed by atoms with Gasteiger partial charge in [-0.2, -0.15) is 0 Å². The molecule has 0 amide bonds. The Morgan fingerprint density at radius 2 is 1.05 bits per heavy atom. The zero-order valence-electron chi connectivity index (χ0n) is 12.8. The minimum absolute atomic E-state index is 0.265. The zero-order chi connectivity index (χ0) is 15.7. The van der Waals surface area contributed by atoms with E-state index in [9.17, 15) is 10.2 Å². The Balaban J connectivity index is 1.91. The van der Waals surface area contributed by atoms with Crippen LogP contribution in [0.5, 0.6) is 0 Å². The van der Waals surface area contributed by atoms with Gasteiger partial charge in [0, 0.05) is 37.3 Å². The molecule has 0 aliphatic heterocycles. The molecule has 1 fully saturated rings. The highest BCUT2D eigenvalue weighted by Crippen LogP contribution is 2.51. The van der Waals surface area contributed by atoms with Crippen molar-refractivity contribution in [2.45, 2.75) is 24.0 Å². The third-order valence-electron chi connectivity index (χ3n) is 4.65. The maximum absolute atomic E-state index is 10.7. The summed E-state index contributed by atoms with van der Waals surface area (Å²) in [6.07, 6.45) is -1.20. The van der Waals surface area contributed by atoms with Gasteiger partial charge in [0.2, 0.25) is 0 Å². The summed E-state index contributed by atoms with van der Waals surface area (Å²) in [6.45, 7) is 0. The summed E-state index contributed by atoms with van der Waals surface area (Å²) in [5.41, 5.74) is 3.82. The summed E-state index contributed by atoms with van der Waals surface area (Å²) < 4.78 is 0. The Bertz CT molecular complexity index is 594. The molecule has 116 valence electrons. The number of rotatable bonds is 4. The van der Waals surface area contributed by atoms with Crippen LogP contribution in [-0.4, -0.2) is 36.5 Å². The van der Waals surface area contributed by atoms with Crippen molar-refractivity contribution in [2.75, 3.05) is 24.7 Å². The Morgan fingerprint density at radius 3 is 1.41 bits per heavy atom. The monoisotopic (exact) mass is 298 g/mol. The molecular weight excluding hydrogens is 276 g/mol. The summed E-state index contributed by atoms with van der Waals surface area (Å²) in [5, 5.41) is 27.6. The van der Waals surface area contributed by atoms with Gasteiger partial charge >= 0.3 is 0 Å². The standard InChI is InChI=1S/C18H22N2O2/c1-19-13-9-5-3-7-11(13)15-17(21)16(18(15)22)12-8-4-6-10-14(12)20-2/h3-10,15-22H,1-2H3. The predicted octanol–water partition coefficient (Wildman–Crippen LogP) is 2.37. The minimum Gasteiger partial charge on any atom is -0.392 e. The normalized spacial score (nSPS) is 27.1. The highest BCUT2D eigenvalue weighted by Gasteiger charge is 2.51. The second-order valence-electron chi connectivity index (χ2n) is 5.71. The van der Waals surface area contributed by atoms with E-state index in [1.807, 2.05) is 62.6 Å². The molecule has 0 spiro atoms. The van der Waals surface area contributed by atoms with E-state index >= 15 is 0 Å². The first-order chi connectivity index (χ1) is 10.7. The summed E-state index contributed by atoms with van der Waals surface area (Å²) in [4.78, 5) is 0. The number of anilines is 2. The third kappa shape index (κ3) is 2.25. The van der Waals surface area contributed by atoms with Crippen LogP contribution in [0.4, 0.5) is 11.4 Å². The van der Waals surface area contributed by atoms with Gasteiger partial charge in [-0.1, -0.05) is 36.4 Å². The van der Waals surface area contributed by atoms with E-state index in [1.165, 1.54) is 0 Å². The summed E-state index contributed by atoms with van der Waals surface area (Å²) >= 11 is 0. The molecular formula is C18H22N2O2. The van der Waals surface area contributed by atoms with Crippen LogP contribution in [0.1, 0.15) is 23.0 Å². The van der Waals surface area contributed by atoms with Crippen LogP contribution in [0.2, 0.25) is 0 Å². The highest BCUT2D eigenvalue weighted by molar-refractivity contribution is 5.58. The summed E-state index contributed by atoms with van der Waals surface area (Å²) in [7, 11) is 3.70. The Labute approximate surface area is 130 Å². The number of aliphatic hydroxyl groups is 2. The molecule has 4 nitrogen and oxygen atoms in total. The van der Waals surface area contributed by atoms with Crippen molar-refractivity contribution < 1.29 is 10.2 Å². The molecule has 0 heterocycles. The van der Waals surface area contributed by atoms with Gasteiger partial charge in [-0.05, 0) is 23.3 Å². The van der Waals surface area contributed by atoms with Crippen molar-refractivity contribution in [1.29, 1.82) is 0 Å². The first-order valence-electron chi connectivity index (χ1n) is 7.58. The summed E-state index contributed by atoms with van der Waals surface area (Å²) in [6, 6.07) is 15.6. The lowest BCUT2D eigenvalue weighted by Gasteiger charge is -2.48. The molecule has 22 heavy (non-hydrogen) atoms. The molecule has 0 atom stereocenters. The highest BCUT2D eigenvalue weighted by atomic mass is 16.3. The predicted molar refractivity (Wildman–Crippen MR) is 89.5 cm³/mol. The Hall–Kier alpha value is -2.04. The molecule has 2 aromatic rings. The SMILES string of the molecule is CNc1ccccc1C1C(O)C(c2ccccc2NC)C1O. The van der Waals surface area contributed by atoms with Crippen molar-refractivity contribution >= 4 is 11.4 Å².